The summed E-state index contributed by atoms with van der Waals surface area (Å²) in [6.07, 6.45) is 0. The fraction of sp³-hybridized carbons (Fsp3) is 0.125. The van der Waals surface area contributed by atoms with Gasteiger partial charge in [0.1, 0.15) is 5.82 Å². The maximum Gasteiger partial charge on any atom is 0.338 e. The minimum Gasteiger partial charge on any atom is -0.452 e. The molecule has 0 saturated carbocycles. The Hall–Kier alpha value is -2.21. The zero-order valence-corrected chi connectivity index (χ0v) is 13.3. The van der Waals surface area contributed by atoms with E-state index in [1.54, 1.807) is 43.3 Å². The van der Waals surface area contributed by atoms with Gasteiger partial charge < -0.3 is 10.1 Å². The van der Waals surface area contributed by atoms with E-state index in [0.29, 0.717) is 16.8 Å². The first-order valence-corrected chi connectivity index (χ1v) is 7.23. The topological polar surface area (TPSA) is 55.4 Å². The van der Waals surface area contributed by atoms with Crippen molar-refractivity contribution in [2.45, 2.75) is 6.92 Å². The van der Waals surface area contributed by atoms with Crippen LogP contribution in [0.15, 0.2) is 46.9 Å². The van der Waals surface area contributed by atoms with Crippen LogP contribution in [0.2, 0.25) is 0 Å². The molecule has 22 heavy (non-hydrogen) atoms. The number of carbonyl (C=O) groups excluding carboxylic acids is 2. The van der Waals surface area contributed by atoms with Gasteiger partial charge in [0.25, 0.3) is 5.91 Å². The summed E-state index contributed by atoms with van der Waals surface area (Å²) in [4.78, 5) is 23.5. The molecule has 2 rings (SSSR count). The minimum absolute atomic E-state index is 0.312. The molecule has 0 aromatic heterocycles. The van der Waals surface area contributed by atoms with Crippen molar-refractivity contribution in [1.82, 2.24) is 0 Å². The number of esters is 1. The molecule has 0 heterocycles. The Kier molecular flexibility index (Phi) is 5.27. The second-order valence-electron chi connectivity index (χ2n) is 4.60. The summed E-state index contributed by atoms with van der Waals surface area (Å²) in [6.45, 7) is 1.18. The SMILES string of the molecule is Cc1ccc(NC(=O)COC(=O)c2cccc(Br)c2)cc1F. The zero-order chi connectivity index (χ0) is 16.1. The molecule has 2 aromatic rings. The number of rotatable bonds is 4. The van der Waals surface area contributed by atoms with E-state index in [4.69, 9.17) is 4.74 Å². The summed E-state index contributed by atoms with van der Waals surface area (Å²) in [6, 6.07) is 11.0. The fourth-order valence-corrected chi connectivity index (χ4v) is 2.10. The first-order valence-electron chi connectivity index (χ1n) is 6.44. The van der Waals surface area contributed by atoms with Gasteiger partial charge in [0, 0.05) is 10.2 Å². The normalized spacial score (nSPS) is 10.1. The lowest BCUT2D eigenvalue weighted by Crippen LogP contribution is -2.21. The molecule has 4 nitrogen and oxygen atoms in total. The van der Waals surface area contributed by atoms with Crippen molar-refractivity contribution in [3.63, 3.8) is 0 Å². The van der Waals surface area contributed by atoms with Crippen LogP contribution in [0.3, 0.4) is 0 Å². The van der Waals surface area contributed by atoms with Crippen molar-refractivity contribution in [1.29, 1.82) is 0 Å². The van der Waals surface area contributed by atoms with Crippen molar-refractivity contribution in [2.24, 2.45) is 0 Å². The van der Waals surface area contributed by atoms with E-state index < -0.39 is 24.3 Å². The van der Waals surface area contributed by atoms with Gasteiger partial charge in [0.2, 0.25) is 0 Å². The largest absolute Gasteiger partial charge is 0.452 e. The fourth-order valence-electron chi connectivity index (χ4n) is 1.70. The van der Waals surface area contributed by atoms with Crippen LogP contribution in [0.5, 0.6) is 0 Å². The number of anilines is 1. The molecule has 0 radical (unpaired) electrons. The van der Waals surface area contributed by atoms with E-state index in [1.165, 1.54) is 6.07 Å². The van der Waals surface area contributed by atoms with Crippen molar-refractivity contribution in [2.75, 3.05) is 11.9 Å². The minimum atomic E-state index is -0.605. The average molecular weight is 366 g/mol. The third kappa shape index (κ3) is 4.39. The predicted molar refractivity (Wildman–Crippen MR) is 84.2 cm³/mol. The number of hydrogen-bond donors (Lipinski definition) is 1. The molecule has 114 valence electrons. The summed E-state index contributed by atoms with van der Waals surface area (Å²) in [5.41, 5.74) is 1.13. The van der Waals surface area contributed by atoms with Crippen LogP contribution in [-0.4, -0.2) is 18.5 Å². The first-order chi connectivity index (χ1) is 10.5. The van der Waals surface area contributed by atoms with E-state index in [1.807, 2.05) is 0 Å². The molecule has 0 unspecified atom stereocenters. The highest BCUT2D eigenvalue weighted by Crippen LogP contribution is 2.14. The summed E-state index contributed by atoms with van der Waals surface area (Å²) < 4.78 is 19.0. The number of amides is 1. The van der Waals surface area contributed by atoms with Gasteiger partial charge in [0.05, 0.1) is 5.56 Å². The number of nitrogens with one attached hydrogen (secondary N) is 1. The Morgan fingerprint density at radius 1 is 1.23 bits per heavy atom. The Bertz CT molecular complexity index is 718. The van der Waals surface area contributed by atoms with Gasteiger partial charge in [-0.15, -0.1) is 0 Å². The third-order valence-corrected chi connectivity index (χ3v) is 3.34. The molecular formula is C16H13BrFNO3. The second-order valence-corrected chi connectivity index (χ2v) is 5.51. The summed E-state index contributed by atoms with van der Waals surface area (Å²) in [7, 11) is 0. The number of carbonyl (C=O) groups is 2. The lowest BCUT2D eigenvalue weighted by molar-refractivity contribution is -0.119. The molecule has 0 bridgehead atoms. The highest BCUT2D eigenvalue weighted by atomic mass is 79.9. The van der Waals surface area contributed by atoms with Gasteiger partial charge >= 0.3 is 5.97 Å². The Morgan fingerprint density at radius 2 is 2.00 bits per heavy atom. The predicted octanol–water partition coefficient (Wildman–Crippen LogP) is 3.69. The van der Waals surface area contributed by atoms with Gasteiger partial charge in [-0.2, -0.15) is 0 Å². The van der Waals surface area contributed by atoms with E-state index in [2.05, 4.69) is 21.2 Å². The smallest absolute Gasteiger partial charge is 0.338 e. The number of aryl methyl sites for hydroxylation is 1. The van der Waals surface area contributed by atoms with Crippen molar-refractivity contribution < 1.29 is 18.7 Å². The van der Waals surface area contributed by atoms with Gasteiger partial charge in [-0.25, -0.2) is 9.18 Å². The van der Waals surface area contributed by atoms with Crippen LogP contribution >= 0.6 is 15.9 Å². The molecular weight excluding hydrogens is 353 g/mol. The van der Waals surface area contributed by atoms with Crippen LogP contribution in [0.25, 0.3) is 0 Å². The third-order valence-electron chi connectivity index (χ3n) is 2.85. The Balaban J connectivity index is 1.90. The molecule has 0 spiro atoms. The molecule has 0 aliphatic carbocycles. The van der Waals surface area contributed by atoms with Gasteiger partial charge in [-0.3, -0.25) is 4.79 Å². The quantitative estimate of drug-likeness (QED) is 0.840. The molecule has 0 aliphatic heterocycles. The van der Waals surface area contributed by atoms with Crippen LogP contribution < -0.4 is 5.32 Å². The molecule has 2 aromatic carbocycles. The van der Waals surface area contributed by atoms with E-state index in [-0.39, 0.29) is 0 Å². The molecule has 0 saturated heterocycles. The van der Waals surface area contributed by atoms with Crippen molar-refractivity contribution in [3.8, 4) is 0 Å². The standard InChI is InChI=1S/C16H13BrFNO3/c1-10-5-6-13(8-14(10)18)19-15(20)9-22-16(21)11-3-2-4-12(17)7-11/h2-8H,9H2,1H3,(H,19,20). The average Bonchev–Trinajstić information content (AvgIpc) is 2.48. The molecule has 0 atom stereocenters. The highest BCUT2D eigenvalue weighted by Gasteiger charge is 2.11. The maximum absolute atomic E-state index is 13.4. The lowest BCUT2D eigenvalue weighted by Gasteiger charge is -2.07. The van der Waals surface area contributed by atoms with E-state index in [0.717, 1.165) is 4.47 Å². The van der Waals surface area contributed by atoms with Crippen LogP contribution in [0, 0.1) is 12.7 Å². The second kappa shape index (κ2) is 7.17. The molecule has 1 amide bonds. The summed E-state index contributed by atoms with van der Waals surface area (Å²) >= 11 is 3.24. The van der Waals surface area contributed by atoms with Gasteiger partial charge in [-0.05, 0) is 42.8 Å². The van der Waals surface area contributed by atoms with E-state index in [9.17, 15) is 14.0 Å². The highest BCUT2D eigenvalue weighted by molar-refractivity contribution is 9.10. The van der Waals surface area contributed by atoms with Gasteiger partial charge in [-0.1, -0.05) is 28.1 Å². The Labute approximate surface area is 135 Å². The zero-order valence-electron chi connectivity index (χ0n) is 11.7. The van der Waals surface area contributed by atoms with Gasteiger partial charge in [0.15, 0.2) is 6.61 Å². The summed E-state index contributed by atoms with van der Waals surface area (Å²) in [5, 5.41) is 2.46. The molecule has 6 heteroatoms. The maximum atomic E-state index is 13.4. The number of hydrogen-bond acceptors (Lipinski definition) is 3. The summed E-state index contributed by atoms with van der Waals surface area (Å²) in [5.74, 6) is -1.55. The molecule has 1 N–H and O–H groups in total. The number of halogens is 2. The first kappa shape index (κ1) is 16.2. The van der Waals surface area contributed by atoms with Crippen molar-refractivity contribution >= 4 is 33.5 Å². The number of ether oxygens (including phenoxy) is 1. The molecule has 0 aliphatic rings. The van der Waals surface area contributed by atoms with Crippen LogP contribution in [-0.2, 0) is 9.53 Å². The lowest BCUT2D eigenvalue weighted by atomic mass is 10.2. The Morgan fingerprint density at radius 3 is 2.68 bits per heavy atom. The van der Waals surface area contributed by atoms with Crippen LogP contribution in [0.1, 0.15) is 15.9 Å². The van der Waals surface area contributed by atoms with E-state index >= 15 is 0 Å². The molecule has 0 fully saturated rings. The monoisotopic (exact) mass is 365 g/mol. The number of benzene rings is 2. The van der Waals surface area contributed by atoms with Crippen molar-refractivity contribution in [3.05, 3.63) is 63.9 Å². The van der Waals surface area contributed by atoms with Crippen LogP contribution in [0.4, 0.5) is 10.1 Å².